The molecule has 1 atom stereocenters. The van der Waals surface area contributed by atoms with Crippen LogP contribution in [0.25, 0.3) is 0 Å². The third-order valence-corrected chi connectivity index (χ3v) is 3.91. The van der Waals surface area contributed by atoms with Gasteiger partial charge in [-0.3, -0.25) is 4.79 Å². The van der Waals surface area contributed by atoms with Crippen LogP contribution in [0.3, 0.4) is 0 Å². The molecule has 0 radical (unpaired) electrons. The molecule has 1 heterocycles. The summed E-state index contributed by atoms with van der Waals surface area (Å²) >= 11 is 0. The lowest BCUT2D eigenvalue weighted by atomic mass is 10.1. The summed E-state index contributed by atoms with van der Waals surface area (Å²) in [6, 6.07) is -1.14. The molecule has 0 saturated carbocycles. The van der Waals surface area contributed by atoms with Gasteiger partial charge < -0.3 is 9.67 Å². The monoisotopic (exact) mass is 289 g/mol. The van der Waals surface area contributed by atoms with E-state index in [0.717, 1.165) is 0 Å². The second-order valence-electron chi connectivity index (χ2n) is 4.68. The number of nitrogens with one attached hydrogen (secondary N) is 1. The molecule has 0 aliphatic rings. The van der Waals surface area contributed by atoms with Crippen LogP contribution in [0.15, 0.2) is 17.6 Å². The maximum atomic E-state index is 12.0. The summed E-state index contributed by atoms with van der Waals surface area (Å²) in [6.45, 7) is 6.10. The Morgan fingerprint density at radius 2 is 2.16 bits per heavy atom. The van der Waals surface area contributed by atoms with E-state index in [1.807, 2.05) is 20.8 Å². The van der Waals surface area contributed by atoms with E-state index in [1.165, 1.54) is 12.5 Å². The number of carboxylic acids is 1. The van der Waals surface area contributed by atoms with Gasteiger partial charge in [0.1, 0.15) is 6.04 Å². The minimum Gasteiger partial charge on any atom is -0.480 e. The van der Waals surface area contributed by atoms with Crippen molar-refractivity contribution >= 4 is 16.0 Å². The molecule has 2 N–H and O–H groups in total. The molecule has 0 aliphatic carbocycles. The summed E-state index contributed by atoms with van der Waals surface area (Å²) in [4.78, 5) is 14.8. The van der Waals surface area contributed by atoms with Gasteiger partial charge in [0.15, 0.2) is 5.03 Å². The fourth-order valence-electron chi connectivity index (χ4n) is 1.57. The highest BCUT2D eigenvalue weighted by Crippen LogP contribution is 2.10. The molecular weight excluding hydrogens is 270 g/mol. The highest BCUT2D eigenvalue weighted by atomic mass is 32.2. The van der Waals surface area contributed by atoms with Crippen LogP contribution in [-0.2, 0) is 21.4 Å². The normalized spacial score (nSPS) is 13.7. The second kappa shape index (κ2) is 6.16. The Labute approximate surface area is 112 Å². The van der Waals surface area contributed by atoms with Crippen molar-refractivity contribution < 1.29 is 18.3 Å². The Morgan fingerprint density at radius 3 is 2.58 bits per heavy atom. The largest absolute Gasteiger partial charge is 0.480 e. The molecular formula is C11H19N3O4S. The van der Waals surface area contributed by atoms with E-state index in [1.54, 1.807) is 4.57 Å². The van der Waals surface area contributed by atoms with Crippen LogP contribution >= 0.6 is 0 Å². The molecule has 8 heteroatoms. The van der Waals surface area contributed by atoms with Gasteiger partial charge in [0, 0.05) is 12.7 Å². The Balaban J connectivity index is 2.90. The number of hydrogen-bond acceptors (Lipinski definition) is 4. The van der Waals surface area contributed by atoms with Crippen molar-refractivity contribution in [2.75, 3.05) is 0 Å². The van der Waals surface area contributed by atoms with Crippen molar-refractivity contribution in [2.24, 2.45) is 5.92 Å². The van der Waals surface area contributed by atoms with Gasteiger partial charge in [-0.15, -0.1) is 0 Å². The molecule has 7 nitrogen and oxygen atoms in total. The lowest BCUT2D eigenvalue weighted by Gasteiger charge is -2.15. The van der Waals surface area contributed by atoms with Crippen molar-refractivity contribution in [2.45, 2.75) is 44.8 Å². The quantitative estimate of drug-likeness (QED) is 0.768. The zero-order valence-corrected chi connectivity index (χ0v) is 12.0. The van der Waals surface area contributed by atoms with Crippen molar-refractivity contribution in [3.8, 4) is 0 Å². The summed E-state index contributed by atoms with van der Waals surface area (Å²) in [5, 5.41) is 8.87. The molecule has 0 saturated heterocycles. The van der Waals surface area contributed by atoms with E-state index in [0.29, 0.717) is 6.54 Å². The Kier molecular flexibility index (Phi) is 5.07. The van der Waals surface area contributed by atoms with Crippen LogP contribution in [0.4, 0.5) is 0 Å². The van der Waals surface area contributed by atoms with Crippen LogP contribution in [0.5, 0.6) is 0 Å². The number of hydrogen-bond donors (Lipinski definition) is 2. The predicted octanol–water partition coefficient (Wildman–Crippen LogP) is 0.681. The molecule has 0 aliphatic heterocycles. The highest BCUT2D eigenvalue weighted by Gasteiger charge is 2.27. The zero-order valence-electron chi connectivity index (χ0n) is 11.2. The molecule has 0 amide bonds. The lowest BCUT2D eigenvalue weighted by molar-refractivity contribution is -0.139. The van der Waals surface area contributed by atoms with Crippen molar-refractivity contribution in [3.05, 3.63) is 12.5 Å². The molecule has 108 valence electrons. The Bertz CT molecular complexity index is 536. The predicted molar refractivity (Wildman–Crippen MR) is 69.1 cm³/mol. The third kappa shape index (κ3) is 4.32. The molecule has 1 aromatic heterocycles. The topological polar surface area (TPSA) is 101 Å². The Hall–Kier alpha value is -1.41. The fourth-order valence-corrected chi connectivity index (χ4v) is 2.72. The number of carbonyl (C=O) groups is 1. The SMILES string of the molecule is CCn1cnc(S(=O)(=O)N[C@@H](CC(C)C)C(=O)O)c1. The number of aryl methyl sites for hydroxylation is 1. The maximum absolute atomic E-state index is 12.0. The van der Waals surface area contributed by atoms with Gasteiger partial charge >= 0.3 is 5.97 Å². The molecule has 1 aromatic rings. The molecule has 19 heavy (non-hydrogen) atoms. The standard InChI is InChI=1S/C11H19N3O4S/c1-4-14-6-10(12-7-14)19(17,18)13-9(11(15)16)5-8(2)3/h6-9,13H,4-5H2,1-3H3,(H,15,16)/t9-/m0/s1. The van der Waals surface area contributed by atoms with Crippen LogP contribution in [0, 0.1) is 5.92 Å². The first-order valence-electron chi connectivity index (χ1n) is 6.03. The van der Waals surface area contributed by atoms with Gasteiger partial charge in [0.05, 0.1) is 6.33 Å². The van der Waals surface area contributed by atoms with E-state index < -0.39 is 22.0 Å². The summed E-state index contributed by atoms with van der Waals surface area (Å²) in [5.41, 5.74) is 0. The van der Waals surface area contributed by atoms with Crippen molar-refractivity contribution in [1.82, 2.24) is 14.3 Å². The Morgan fingerprint density at radius 1 is 1.53 bits per heavy atom. The van der Waals surface area contributed by atoms with Crippen molar-refractivity contribution in [3.63, 3.8) is 0 Å². The van der Waals surface area contributed by atoms with Gasteiger partial charge in [-0.25, -0.2) is 13.4 Å². The van der Waals surface area contributed by atoms with Gasteiger partial charge in [-0.2, -0.15) is 4.72 Å². The minimum absolute atomic E-state index is 0.0667. The number of aromatic nitrogens is 2. The van der Waals surface area contributed by atoms with Gasteiger partial charge in [0.2, 0.25) is 0 Å². The van der Waals surface area contributed by atoms with E-state index in [-0.39, 0.29) is 17.4 Å². The number of rotatable bonds is 7. The highest BCUT2D eigenvalue weighted by molar-refractivity contribution is 7.89. The van der Waals surface area contributed by atoms with Gasteiger partial charge in [-0.05, 0) is 19.3 Å². The molecule has 0 unspecified atom stereocenters. The summed E-state index contributed by atoms with van der Waals surface area (Å²) in [7, 11) is -3.90. The van der Waals surface area contributed by atoms with Gasteiger partial charge in [-0.1, -0.05) is 13.8 Å². The van der Waals surface area contributed by atoms with E-state index in [9.17, 15) is 13.2 Å². The fraction of sp³-hybridized carbons (Fsp3) is 0.636. The van der Waals surface area contributed by atoms with E-state index in [2.05, 4.69) is 9.71 Å². The molecule has 0 spiro atoms. The smallest absolute Gasteiger partial charge is 0.321 e. The summed E-state index contributed by atoms with van der Waals surface area (Å²) in [5.74, 6) is -1.12. The average Bonchev–Trinajstić information content (AvgIpc) is 2.76. The molecule has 0 bridgehead atoms. The van der Waals surface area contributed by atoms with E-state index in [4.69, 9.17) is 5.11 Å². The number of nitrogens with zero attached hydrogens (tertiary/aromatic N) is 2. The first kappa shape index (κ1) is 15.6. The van der Waals surface area contributed by atoms with Crippen LogP contribution < -0.4 is 4.72 Å². The molecule has 0 aromatic carbocycles. The zero-order chi connectivity index (χ0) is 14.6. The van der Waals surface area contributed by atoms with Crippen LogP contribution in [0.1, 0.15) is 27.2 Å². The molecule has 0 fully saturated rings. The molecule has 1 rings (SSSR count). The first-order valence-corrected chi connectivity index (χ1v) is 7.51. The number of sulfonamides is 1. The second-order valence-corrected chi connectivity index (χ2v) is 6.34. The van der Waals surface area contributed by atoms with Gasteiger partial charge in [0.25, 0.3) is 10.0 Å². The van der Waals surface area contributed by atoms with Crippen LogP contribution in [0.2, 0.25) is 0 Å². The number of aliphatic carboxylic acids is 1. The maximum Gasteiger partial charge on any atom is 0.321 e. The average molecular weight is 289 g/mol. The minimum atomic E-state index is -3.90. The summed E-state index contributed by atoms with van der Waals surface area (Å²) < 4.78 is 27.8. The lowest BCUT2D eigenvalue weighted by Crippen LogP contribution is -2.41. The summed E-state index contributed by atoms with van der Waals surface area (Å²) in [6.07, 6.45) is 2.99. The van der Waals surface area contributed by atoms with Crippen LogP contribution in [-0.4, -0.2) is 35.1 Å². The number of imidazole rings is 1. The van der Waals surface area contributed by atoms with Crippen molar-refractivity contribution in [1.29, 1.82) is 0 Å². The third-order valence-electron chi connectivity index (χ3n) is 2.55. The number of carboxylic acid groups (broad SMARTS) is 1. The van der Waals surface area contributed by atoms with E-state index >= 15 is 0 Å². The first-order chi connectivity index (χ1) is 8.76.